The number of carbonyl (C=O) groups is 1. The molecular weight excluding hydrogens is 350 g/mol. The van der Waals surface area contributed by atoms with Crippen molar-refractivity contribution in [2.24, 2.45) is 0 Å². The summed E-state index contributed by atoms with van der Waals surface area (Å²) < 4.78 is 25.6. The van der Waals surface area contributed by atoms with Crippen LogP contribution in [-0.4, -0.2) is 52.5 Å². The Morgan fingerprint density at radius 1 is 1.25 bits per heavy atom. The SMILES string of the molecule is CNC1CCCN(C(=O)CCc2ccc(S(=O)(=O)NC)cc2)C1.Cl. The van der Waals surface area contributed by atoms with E-state index in [2.05, 4.69) is 10.0 Å². The van der Waals surface area contributed by atoms with Crippen LogP contribution in [0.3, 0.4) is 0 Å². The molecule has 2 rings (SSSR count). The molecule has 0 bridgehead atoms. The number of carbonyl (C=O) groups excluding carboxylic acids is 1. The zero-order valence-electron chi connectivity index (χ0n) is 14.1. The van der Waals surface area contributed by atoms with E-state index in [1.165, 1.54) is 7.05 Å². The number of piperidine rings is 1. The van der Waals surface area contributed by atoms with Crippen molar-refractivity contribution in [2.45, 2.75) is 36.6 Å². The van der Waals surface area contributed by atoms with Gasteiger partial charge in [0.05, 0.1) is 4.90 Å². The lowest BCUT2D eigenvalue weighted by molar-refractivity contribution is -0.132. The highest BCUT2D eigenvalue weighted by Gasteiger charge is 2.22. The Bertz CT molecular complexity index is 634. The van der Waals surface area contributed by atoms with Crippen LogP contribution in [0.1, 0.15) is 24.8 Å². The minimum absolute atomic E-state index is 0. The lowest BCUT2D eigenvalue weighted by atomic mass is 10.0. The van der Waals surface area contributed by atoms with E-state index in [0.29, 0.717) is 18.9 Å². The molecule has 6 nitrogen and oxygen atoms in total. The molecule has 1 atom stereocenters. The van der Waals surface area contributed by atoms with E-state index in [4.69, 9.17) is 0 Å². The van der Waals surface area contributed by atoms with E-state index in [0.717, 1.165) is 31.5 Å². The molecule has 1 aromatic rings. The largest absolute Gasteiger partial charge is 0.341 e. The number of amides is 1. The summed E-state index contributed by atoms with van der Waals surface area (Å²) in [5.41, 5.74) is 0.968. The third-order valence-corrected chi connectivity index (χ3v) is 5.74. The zero-order valence-corrected chi connectivity index (χ0v) is 15.8. The second kappa shape index (κ2) is 9.36. The average molecular weight is 376 g/mol. The maximum absolute atomic E-state index is 12.3. The summed E-state index contributed by atoms with van der Waals surface area (Å²) in [4.78, 5) is 14.5. The molecule has 1 aliphatic heterocycles. The van der Waals surface area contributed by atoms with Gasteiger partial charge in [0.1, 0.15) is 0 Å². The molecule has 0 aliphatic carbocycles. The molecule has 0 saturated carbocycles. The molecule has 24 heavy (non-hydrogen) atoms. The number of sulfonamides is 1. The average Bonchev–Trinajstić information content (AvgIpc) is 2.60. The first kappa shape index (κ1) is 20.9. The summed E-state index contributed by atoms with van der Waals surface area (Å²) in [6.07, 6.45) is 3.23. The van der Waals surface area contributed by atoms with Crippen LogP contribution in [0, 0.1) is 0 Å². The first-order chi connectivity index (χ1) is 11.0. The maximum atomic E-state index is 12.3. The van der Waals surface area contributed by atoms with Gasteiger partial charge in [0, 0.05) is 25.6 Å². The van der Waals surface area contributed by atoms with Crippen LogP contribution in [0.4, 0.5) is 0 Å². The first-order valence-corrected chi connectivity index (χ1v) is 9.42. The fraction of sp³-hybridized carbons (Fsp3) is 0.562. The molecule has 0 radical (unpaired) electrons. The normalized spacial score (nSPS) is 18.1. The van der Waals surface area contributed by atoms with E-state index in [-0.39, 0.29) is 23.2 Å². The number of halogens is 1. The number of nitrogens with one attached hydrogen (secondary N) is 2. The van der Waals surface area contributed by atoms with Crippen molar-refractivity contribution in [3.8, 4) is 0 Å². The van der Waals surface area contributed by atoms with Gasteiger partial charge in [0.25, 0.3) is 0 Å². The molecule has 0 spiro atoms. The highest BCUT2D eigenvalue weighted by atomic mass is 35.5. The summed E-state index contributed by atoms with van der Waals surface area (Å²) in [7, 11) is -0.0867. The third-order valence-electron chi connectivity index (χ3n) is 4.31. The minimum Gasteiger partial charge on any atom is -0.341 e. The summed E-state index contributed by atoms with van der Waals surface area (Å²) in [6.45, 7) is 1.60. The quantitative estimate of drug-likeness (QED) is 0.782. The Labute approximate surface area is 150 Å². The standard InChI is InChI=1S/C16H25N3O3S.ClH/c1-17-14-4-3-11-19(12-14)16(20)10-7-13-5-8-15(9-6-13)23(21,22)18-2;/h5-6,8-9,14,17-18H,3-4,7,10-12H2,1-2H3;1H. The van der Waals surface area contributed by atoms with Gasteiger partial charge in [-0.15, -0.1) is 12.4 Å². The van der Waals surface area contributed by atoms with Gasteiger partial charge in [-0.3, -0.25) is 4.79 Å². The zero-order chi connectivity index (χ0) is 16.9. The first-order valence-electron chi connectivity index (χ1n) is 7.94. The van der Waals surface area contributed by atoms with Crippen LogP contribution in [0.5, 0.6) is 0 Å². The van der Waals surface area contributed by atoms with Crippen LogP contribution in [0.25, 0.3) is 0 Å². The van der Waals surface area contributed by atoms with E-state index in [1.54, 1.807) is 24.3 Å². The number of hydrogen-bond acceptors (Lipinski definition) is 4. The molecule has 1 amide bonds. The predicted octanol–water partition coefficient (Wildman–Crippen LogP) is 1.16. The molecule has 136 valence electrons. The van der Waals surface area contributed by atoms with E-state index < -0.39 is 10.0 Å². The maximum Gasteiger partial charge on any atom is 0.240 e. The molecule has 0 aromatic heterocycles. The summed E-state index contributed by atoms with van der Waals surface area (Å²) in [5.74, 6) is 0.164. The molecule has 8 heteroatoms. The molecule has 1 heterocycles. The van der Waals surface area contributed by atoms with Crippen molar-refractivity contribution < 1.29 is 13.2 Å². The Morgan fingerprint density at radius 3 is 2.50 bits per heavy atom. The van der Waals surface area contributed by atoms with Crippen molar-refractivity contribution in [3.05, 3.63) is 29.8 Å². The fourth-order valence-corrected chi connectivity index (χ4v) is 3.53. The Kier molecular flexibility index (Phi) is 8.15. The molecule has 1 aromatic carbocycles. The molecule has 2 N–H and O–H groups in total. The lowest BCUT2D eigenvalue weighted by Gasteiger charge is -2.32. The molecule has 1 aliphatic rings. The smallest absolute Gasteiger partial charge is 0.240 e. The Balaban J connectivity index is 0.00000288. The third kappa shape index (κ3) is 5.44. The van der Waals surface area contributed by atoms with Crippen LogP contribution in [-0.2, 0) is 21.2 Å². The van der Waals surface area contributed by atoms with Crippen LogP contribution in [0.2, 0.25) is 0 Å². The van der Waals surface area contributed by atoms with E-state index in [1.807, 2.05) is 11.9 Å². The van der Waals surface area contributed by atoms with Crippen LogP contribution < -0.4 is 10.0 Å². The summed E-state index contributed by atoms with van der Waals surface area (Å²) in [5, 5.41) is 3.23. The van der Waals surface area contributed by atoms with Crippen LogP contribution in [0.15, 0.2) is 29.2 Å². The van der Waals surface area contributed by atoms with Crippen molar-refractivity contribution in [3.63, 3.8) is 0 Å². The van der Waals surface area contributed by atoms with Gasteiger partial charge in [-0.25, -0.2) is 13.1 Å². The number of likely N-dealkylation sites (tertiary alicyclic amines) is 1. The van der Waals surface area contributed by atoms with Crippen molar-refractivity contribution in [1.29, 1.82) is 0 Å². The number of aryl methyl sites for hydroxylation is 1. The van der Waals surface area contributed by atoms with Crippen molar-refractivity contribution in [2.75, 3.05) is 27.2 Å². The highest BCUT2D eigenvalue weighted by Crippen LogP contribution is 2.14. The van der Waals surface area contributed by atoms with E-state index >= 15 is 0 Å². The molecule has 1 saturated heterocycles. The Morgan fingerprint density at radius 2 is 1.92 bits per heavy atom. The van der Waals surface area contributed by atoms with Gasteiger partial charge in [-0.2, -0.15) is 0 Å². The van der Waals surface area contributed by atoms with Crippen LogP contribution >= 0.6 is 12.4 Å². The van der Waals surface area contributed by atoms with Crippen molar-refractivity contribution in [1.82, 2.24) is 14.9 Å². The lowest BCUT2D eigenvalue weighted by Crippen LogP contribution is -2.47. The molecule has 1 unspecified atom stereocenters. The Hall–Kier alpha value is -1.15. The monoisotopic (exact) mass is 375 g/mol. The van der Waals surface area contributed by atoms with Gasteiger partial charge in [0.15, 0.2) is 0 Å². The predicted molar refractivity (Wildman–Crippen MR) is 96.9 cm³/mol. The number of rotatable bonds is 6. The fourth-order valence-electron chi connectivity index (χ4n) is 2.80. The molecular formula is C16H26ClN3O3S. The number of nitrogens with zero attached hydrogens (tertiary/aromatic N) is 1. The van der Waals surface area contributed by atoms with Crippen molar-refractivity contribution >= 4 is 28.3 Å². The topological polar surface area (TPSA) is 78.5 Å². The van der Waals surface area contributed by atoms with Gasteiger partial charge in [-0.1, -0.05) is 12.1 Å². The highest BCUT2D eigenvalue weighted by molar-refractivity contribution is 7.89. The number of likely N-dealkylation sites (N-methyl/N-ethyl adjacent to an activating group) is 1. The second-order valence-corrected chi connectivity index (χ2v) is 7.71. The van der Waals surface area contributed by atoms with Gasteiger partial charge in [0.2, 0.25) is 15.9 Å². The van der Waals surface area contributed by atoms with Gasteiger partial charge < -0.3 is 10.2 Å². The number of benzene rings is 1. The number of hydrogen-bond donors (Lipinski definition) is 2. The summed E-state index contributed by atoms with van der Waals surface area (Å²) >= 11 is 0. The minimum atomic E-state index is -3.40. The van der Waals surface area contributed by atoms with E-state index in [9.17, 15) is 13.2 Å². The second-order valence-electron chi connectivity index (χ2n) is 5.82. The molecule has 1 fully saturated rings. The van der Waals surface area contributed by atoms with Gasteiger partial charge in [-0.05, 0) is 51.1 Å². The van der Waals surface area contributed by atoms with Gasteiger partial charge >= 0.3 is 0 Å². The summed E-state index contributed by atoms with van der Waals surface area (Å²) in [6, 6.07) is 7.07.